The molecule has 0 heterocycles. The highest BCUT2D eigenvalue weighted by Crippen LogP contribution is 2.30. The highest BCUT2D eigenvalue weighted by atomic mass is 19.4. The van der Waals surface area contributed by atoms with Crippen LogP contribution >= 0.6 is 0 Å². The van der Waals surface area contributed by atoms with Crippen LogP contribution in [0, 0.1) is 11.8 Å². The van der Waals surface area contributed by atoms with E-state index in [0.29, 0.717) is 6.42 Å². The molecular formula is C13H24F3NO2. The molecule has 2 N–H and O–H groups in total. The Bertz CT molecular complexity index is 297. The Morgan fingerprint density at radius 2 is 1.74 bits per heavy atom. The van der Waals surface area contributed by atoms with Gasteiger partial charge in [0, 0.05) is 0 Å². The number of ether oxygens (including phenoxy) is 1. The molecule has 0 aliphatic carbocycles. The van der Waals surface area contributed by atoms with Crippen LogP contribution in [0.1, 0.15) is 47.5 Å². The fraction of sp³-hybridized carbons (Fsp3) is 0.923. The number of nitrogens with two attached hydrogens (primary N) is 1. The molecule has 0 fully saturated rings. The molecule has 0 aliphatic rings. The minimum absolute atomic E-state index is 0.0223. The predicted octanol–water partition coefficient (Wildman–Crippen LogP) is 3.27. The molecule has 0 aromatic heterocycles. The zero-order valence-corrected chi connectivity index (χ0v) is 12.2. The zero-order valence-electron chi connectivity index (χ0n) is 12.2. The molecular weight excluding hydrogens is 259 g/mol. The minimum atomic E-state index is -4.60. The van der Waals surface area contributed by atoms with Crippen LogP contribution in [0.2, 0.25) is 0 Å². The summed E-state index contributed by atoms with van der Waals surface area (Å²) >= 11 is 0. The fourth-order valence-electron chi connectivity index (χ4n) is 1.60. The van der Waals surface area contributed by atoms with E-state index in [-0.39, 0.29) is 12.3 Å². The molecule has 0 spiro atoms. The molecule has 0 amide bonds. The van der Waals surface area contributed by atoms with Crippen molar-refractivity contribution in [3.05, 3.63) is 0 Å². The Morgan fingerprint density at radius 1 is 1.26 bits per heavy atom. The van der Waals surface area contributed by atoms with Crippen LogP contribution in [0.25, 0.3) is 0 Å². The van der Waals surface area contributed by atoms with Crippen molar-refractivity contribution in [2.45, 2.75) is 65.3 Å². The van der Waals surface area contributed by atoms with E-state index in [1.807, 2.05) is 6.92 Å². The van der Waals surface area contributed by atoms with Gasteiger partial charge in [-0.25, -0.2) is 0 Å². The standard InChI is InChI=1S/C13H24F3NO2/c1-6-8(2)7-9(10(17)13(14,15)16)11(18)19-12(3,4)5/h8-10H,6-7,17H2,1-5H3/t8?,9-,10-/m0/s1. The molecule has 3 atom stereocenters. The Hall–Kier alpha value is -0.780. The van der Waals surface area contributed by atoms with Crippen LogP contribution in [-0.4, -0.2) is 23.8 Å². The molecule has 0 saturated heterocycles. The quantitative estimate of drug-likeness (QED) is 0.788. The van der Waals surface area contributed by atoms with Gasteiger partial charge in [0.2, 0.25) is 0 Å². The number of alkyl halides is 3. The van der Waals surface area contributed by atoms with E-state index >= 15 is 0 Å². The molecule has 1 unspecified atom stereocenters. The predicted molar refractivity (Wildman–Crippen MR) is 67.4 cm³/mol. The first kappa shape index (κ1) is 18.2. The fourth-order valence-corrected chi connectivity index (χ4v) is 1.60. The summed E-state index contributed by atoms with van der Waals surface area (Å²) in [7, 11) is 0. The maximum absolute atomic E-state index is 12.7. The lowest BCUT2D eigenvalue weighted by molar-refractivity contribution is -0.184. The summed E-state index contributed by atoms with van der Waals surface area (Å²) < 4.78 is 43.2. The maximum atomic E-state index is 12.7. The maximum Gasteiger partial charge on any atom is 0.404 e. The number of hydrogen-bond acceptors (Lipinski definition) is 3. The van der Waals surface area contributed by atoms with E-state index in [1.165, 1.54) is 0 Å². The lowest BCUT2D eigenvalue weighted by atomic mass is 9.88. The highest BCUT2D eigenvalue weighted by Gasteiger charge is 2.46. The van der Waals surface area contributed by atoms with E-state index in [2.05, 4.69) is 0 Å². The second-order valence-corrected chi connectivity index (χ2v) is 5.96. The van der Waals surface area contributed by atoms with Crippen LogP contribution in [0.5, 0.6) is 0 Å². The summed E-state index contributed by atoms with van der Waals surface area (Å²) in [4.78, 5) is 11.9. The number of carbonyl (C=O) groups excluding carboxylic acids is 1. The van der Waals surface area contributed by atoms with E-state index in [1.54, 1.807) is 27.7 Å². The van der Waals surface area contributed by atoms with Gasteiger partial charge in [0.05, 0.1) is 5.92 Å². The first-order valence-electron chi connectivity index (χ1n) is 6.43. The Kier molecular flexibility index (Phi) is 6.32. The molecule has 0 aliphatic heterocycles. The second kappa shape index (κ2) is 6.59. The Labute approximate surface area is 112 Å². The van der Waals surface area contributed by atoms with Crippen LogP contribution in [0.4, 0.5) is 13.2 Å². The van der Waals surface area contributed by atoms with Crippen molar-refractivity contribution in [2.24, 2.45) is 17.6 Å². The van der Waals surface area contributed by atoms with E-state index < -0.39 is 29.7 Å². The van der Waals surface area contributed by atoms with E-state index in [0.717, 1.165) is 0 Å². The SMILES string of the molecule is CCC(C)C[C@H](C(=O)OC(C)(C)C)[C@H](N)C(F)(F)F. The van der Waals surface area contributed by atoms with E-state index in [9.17, 15) is 18.0 Å². The highest BCUT2D eigenvalue weighted by molar-refractivity contribution is 5.74. The zero-order chi connectivity index (χ0) is 15.4. The first-order chi connectivity index (χ1) is 8.38. The average Bonchev–Trinajstić information content (AvgIpc) is 2.20. The Morgan fingerprint density at radius 3 is 2.05 bits per heavy atom. The first-order valence-corrected chi connectivity index (χ1v) is 6.43. The normalized spacial score (nSPS) is 17.7. The summed E-state index contributed by atoms with van der Waals surface area (Å²) in [6.07, 6.45) is -3.84. The third-order valence-electron chi connectivity index (χ3n) is 2.87. The lowest BCUT2D eigenvalue weighted by Gasteiger charge is -2.29. The molecule has 19 heavy (non-hydrogen) atoms. The monoisotopic (exact) mass is 283 g/mol. The number of halogens is 3. The van der Waals surface area contributed by atoms with Gasteiger partial charge >= 0.3 is 12.1 Å². The van der Waals surface area contributed by atoms with Gasteiger partial charge in [0.25, 0.3) is 0 Å². The van der Waals surface area contributed by atoms with Gasteiger partial charge in [-0.15, -0.1) is 0 Å². The van der Waals surface area contributed by atoms with Crippen molar-refractivity contribution >= 4 is 5.97 Å². The summed E-state index contributed by atoms with van der Waals surface area (Å²) in [5.41, 5.74) is 4.37. The van der Waals surface area contributed by atoms with Gasteiger partial charge in [0.1, 0.15) is 11.6 Å². The average molecular weight is 283 g/mol. The van der Waals surface area contributed by atoms with Gasteiger partial charge in [-0.2, -0.15) is 13.2 Å². The lowest BCUT2D eigenvalue weighted by Crippen LogP contribution is -2.49. The van der Waals surface area contributed by atoms with Crippen LogP contribution in [-0.2, 0) is 9.53 Å². The van der Waals surface area contributed by atoms with Crippen LogP contribution in [0.3, 0.4) is 0 Å². The number of esters is 1. The molecule has 3 nitrogen and oxygen atoms in total. The molecule has 114 valence electrons. The Balaban J connectivity index is 5.01. The van der Waals surface area contributed by atoms with Crippen molar-refractivity contribution < 1.29 is 22.7 Å². The summed E-state index contributed by atoms with van der Waals surface area (Å²) in [5.74, 6) is -2.25. The van der Waals surface area contributed by atoms with Gasteiger partial charge in [0.15, 0.2) is 0 Å². The molecule has 0 saturated carbocycles. The number of rotatable bonds is 5. The summed E-state index contributed by atoms with van der Waals surface area (Å²) in [6, 6.07) is -2.18. The molecule has 0 bridgehead atoms. The third kappa shape index (κ3) is 6.80. The van der Waals surface area contributed by atoms with Crippen molar-refractivity contribution in [1.82, 2.24) is 0 Å². The van der Waals surface area contributed by atoms with Crippen molar-refractivity contribution in [1.29, 1.82) is 0 Å². The van der Waals surface area contributed by atoms with Gasteiger partial charge in [-0.3, -0.25) is 4.79 Å². The molecule has 0 radical (unpaired) electrons. The summed E-state index contributed by atoms with van der Waals surface area (Å²) in [5, 5.41) is 0. The van der Waals surface area contributed by atoms with Gasteiger partial charge < -0.3 is 10.5 Å². The summed E-state index contributed by atoms with van der Waals surface area (Å²) in [6.45, 7) is 8.50. The van der Waals surface area contributed by atoms with Crippen LogP contribution < -0.4 is 5.73 Å². The van der Waals surface area contributed by atoms with Crippen LogP contribution in [0.15, 0.2) is 0 Å². The molecule has 0 aromatic carbocycles. The molecule has 0 aromatic rings. The van der Waals surface area contributed by atoms with Crippen molar-refractivity contribution in [3.63, 3.8) is 0 Å². The van der Waals surface area contributed by atoms with E-state index in [4.69, 9.17) is 10.5 Å². The molecule has 0 rings (SSSR count). The smallest absolute Gasteiger partial charge is 0.404 e. The van der Waals surface area contributed by atoms with Crippen molar-refractivity contribution in [2.75, 3.05) is 0 Å². The number of carbonyl (C=O) groups is 1. The third-order valence-corrected chi connectivity index (χ3v) is 2.87. The van der Waals surface area contributed by atoms with Gasteiger partial charge in [-0.1, -0.05) is 20.3 Å². The van der Waals surface area contributed by atoms with Crippen molar-refractivity contribution in [3.8, 4) is 0 Å². The largest absolute Gasteiger partial charge is 0.460 e. The number of hydrogen-bond donors (Lipinski definition) is 1. The minimum Gasteiger partial charge on any atom is -0.460 e. The van der Waals surface area contributed by atoms with Gasteiger partial charge in [-0.05, 0) is 33.1 Å². The topological polar surface area (TPSA) is 52.3 Å². The molecule has 6 heteroatoms. The second-order valence-electron chi connectivity index (χ2n) is 5.96.